The Labute approximate surface area is 317 Å². The average Bonchev–Trinajstić information content (AvgIpc) is 3.75. The van der Waals surface area contributed by atoms with E-state index in [0.29, 0.717) is 0 Å². The van der Waals surface area contributed by atoms with Gasteiger partial charge in [0.05, 0.1) is 11.4 Å². The van der Waals surface area contributed by atoms with E-state index in [9.17, 15) is 0 Å². The summed E-state index contributed by atoms with van der Waals surface area (Å²) in [5.41, 5.74) is 18.0. The smallest absolute Gasteiger partial charge is 0.159 e. The molecule has 0 N–H and O–H groups in total. The normalized spacial score (nSPS) is 15.0. The van der Waals surface area contributed by atoms with Crippen molar-refractivity contribution >= 4 is 55.8 Å². The molecular weight excluding hydrogens is 655 g/mol. The summed E-state index contributed by atoms with van der Waals surface area (Å²) in [4.78, 5) is 2.41. The van der Waals surface area contributed by atoms with Crippen molar-refractivity contribution in [3.8, 4) is 22.3 Å². The van der Waals surface area contributed by atoms with Gasteiger partial charge in [0.15, 0.2) is 5.58 Å². The fraction of sp³-hybridized carbons (Fsp3) is 0.154. The van der Waals surface area contributed by atoms with Gasteiger partial charge in [-0.1, -0.05) is 136 Å². The monoisotopic (exact) mass is 697 g/mol. The van der Waals surface area contributed by atoms with Gasteiger partial charge in [-0.3, -0.25) is 0 Å². The van der Waals surface area contributed by atoms with Gasteiger partial charge in [0.25, 0.3) is 0 Å². The molecule has 10 rings (SSSR count). The van der Waals surface area contributed by atoms with E-state index in [1.54, 1.807) is 0 Å². The number of furan rings is 1. The minimum atomic E-state index is -0.234. The van der Waals surface area contributed by atoms with Crippen molar-refractivity contribution in [2.75, 3.05) is 4.90 Å². The van der Waals surface area contributed by atoms with Gasteiger partial charge in [-0.25, -0.2) is 0 Å². The third kappa shape index (κ3) is 4.59. The molecule has 0 fully saturated rings. The molecule has 2 aliphatic rings. The molecule has 0 amide bonds. The molecule has 7 aromatic carbocycles. The van der Waals surface area contributed by atoms with Crippen molar-refractivity contribution in [1.82, 2.24) is 0 Å². The van der Waals surface area contributed by atoms with Crippen LogP contribution in [0.5, 0.6) is 0 Å². The van der Waals surface area contributed by atoms with Crippen LogP contribution in [0.1, 0.15) is 68.0 Å². The molecule has 8 aromatic rings. The third-order valence-corrected chi connectivity index (χ3v) is 12.2. The molecule has 2 heteroatoms. The number of anilines is 3. The van der Waals surface area contributed by atoms with Crippen LogP contribution in [0.3, 0.4) is 0 Å². The van der Waals surface area contributed by atoms with Crippen LogP contribution in [0.25, 0.3) is 61.0 Å². The van der Waals surface area contributed by atoms with Gasteiger partial charge in [-0.15, -0.1) is 0 Å². The van der Waals surface area contributed by atoms with E-state index >= 15 is 0 Å². The van der Waals surface area contributed by atoms with Crippen molar-refractivity contribution in [2.24, 2.45) is 0 Å². The number of allylic oxidation sites excluding steroid dienone is 3. The number of fused-ring (bicyclic) bond motifs is 11. The lowest BCUT2D eigenvalue weighted by molar-refractivity contribution is 0.652. The quantitative estimate of drug-likeness (QED) is 0.166. The molecule has 0 saturated carbocycles. The Bertz CT molecular complexity index is 2900. The molecule has 1 heterocycles. The lowest BCUT2D eigenvalue weighted by Crippen LogP contribution is -2.18. The van der Waals surface area contributed by atoms with Crippen LogP contribution in [0.15, 0.2) is 150 Å². The SMILES string of the molecule is C/C=C\C=C/c1cc2c(cc1N(c1ccc(C)cc1)c1cccc3c1oc1ccccc13)C(C)(C)c1cc3c(cc1-2)C(C)(C)c1ccc2ccccc2c1-3. The second-order valence-corrected chi connectivity index (χ2v) is 16.2. The van der Waals surface area contributed by atoms with Crippen LogP contribution in [0.2, 0.25) is 0 Å². The summed E-state index contributed by atoms with van der Waals surface area (Å²) in [6, 6.07) is 47.2. The molecule has 2 nitrogen and oxygen atoms in total. The summed E-state index contributed by atoms with van der Waals surface area (Å²) in [5, 5.41) is 4.87. The number of para-hydroxylation sites is 2. The predicted molar refractivity (Wildman–Crippen MR) is 230 cm³/mol. The van der Waals surface area contributed by atoms with Crippen LogP contribution < -0.4 is 4.90 Å². The maximum atomic E-state index is 6.71. The van der Waals surface area contributed by atoms with E-state index in [2.05, 4.69) is 192 Å². The van der Waals surface area contributed by atoms with E-state index in [-0.39, 0.29) is 10.8 Å². The van der Waals surface area contributed by atoms with E-state index in [0.717, 1.165) is 44.6 Å². The highest BCUT2D eigenvalue weighted by atomic mass is 16.3. The van der Waals surface area contributed by atoms with E-state index in [1.165, 1.54) is 60.8 Å². The third-order valence-electron chi connectivity index (χ3n) is 12.2. The van der Waals surface area contributed by atoms with Gasteiger partial charge in [0.1, 0.15) is 5.58 Å². The highest BCUT2D eigenvalue weighted by molar-refractivity contribution is 6.11. The van der Waals surface area contributed by atoms with Crippen LogP contribution in [-0.4, -0.2) is 0 Å². The second kappa shape index (κ2) is 11.7. The van der Waals surface area contributed by atoms with Gasteiger partial charge < -0.3 is 9.32 Å². The zero-order valence-corrected chi connectivity index (χ0v) is 31.8. The molecule has 1 aromatic heterocycles. The fourth-order valence-electron chi connectivity index (χ4n) is 9.39. The first-order valence-corrected chi connectivity index (χ1v) is 19.1. The van der Waals surface area contributed by atoms with Crippen molar-refractivity contribution in [3.63, 3.8) is 0 Å². The maximum absolute atomic E-state index is 6.71. The summed E-state index contributed by atoms with van der Waals surface area (Å²) in [7, 11) is 0. The zero-order chi connectivity index (χ0) is 36.9. The van der Waals surface area contributed by atoms with Crippen LogP contribution in [0, 0.1) is 6.92 Å². The van der Waals surface area contributed by atoms with Crippen molar-refractivity contribution in [3.05, 3.63) is 179 Å². The molecule has 0 saturated heterocycles. The largest absolute Gasteiger partial charge is 0.454 e. The highest BCUT2D eigenvalue weighted by Crippen LogP contribution is 2.58. The molecular formula is C52H43NO. The Hall–Kier alpha value is -6.12. The summed E-state index contributed by atoms with van der Waals surface area (Å²) in [6.07, 6.45) is 8.62. The lowest BCUT2D eigenvalue weighted by Gasteiger charge is -2.30. The Morgan fingerprint density at radius 1 is 0.556 bits per heavy atom. The summed E-state index contributed by atoms with van der Waals surface area (Å²) in [5.74, 6) is 0. The van der Waals surface area contributed by atoms with Crippen LogP contribution in [0.4, 0.5) is 17.1 Å². The van der Waals surface area contributed by atoms with Crippen LogP contribution >= 0.6 is 0 Å². The van der Waals surface area contributed by atoms with E-state index < -0.39 is 0 Å². The Kier molecular flexibility index (Phi) is 7.04. The molecule has 262 valence electrons. The molecule has 0 bridgehead atoms. The lowest BCUT2D eigenvalue weighted by atomic mass is 9.79. The molecule has 2 aliphatic carbocycles. The summed E-state index contributed by atoms with van der Waals surface area (Å²) >= 11 is 0. The van der Waals surface area contributed by atoms with Crippen LogP contribution in [-0.2, 0) is 10.8 Å². The maximum Gasteiger partial charge on any atom is 0.159 e. The van der Waals surface area contributed by atoms with E-state index in [1.807, 2.05) is 6.07 Å². The molecule has 0 spiro atoms. The number of hydrogen-bond donors (Lipinski definition) is 0. The zero-order valence-electron chi connectivity index (χ0n) is 31.8. The fourth-order valence-corrected chi connectivity index (χ4v) is 9.39. The average molecular weight is 698 g/mol. The van der Waals surface area contributed by atoms with E-state index in [4.69, 9.17) is 4.42 Å². The molecule has 54 heavy (non-hydrogen) atoms. The Morgan fingerprint density at radius 3 is 2.04 bits per heavy atom. The molecule has 0 radical (unpaired) electrons. The van der Waals surface area contributed by atoms with Gasteiger partial charge in [-0.2, -0.15) is 0 Å². The van der Waals surface area contributed by atoms with Crippen molar-refractivity contribution in [1.29, 1.82) is 0 Å². The van der Waals surface area contributed by atoms with Gasteiger partial charge in [-0.05, 0) is 123 Å². The van der Waals surface area contributed by atoms with Crippen molar-refractivity contribution < 1.29 is 4.42 Å². The Balaban J connectivity index is 1.24. The number of benzene rings is 7. The minimum absolute atomic E-state index is 0.112. The number of nitrogens with zero attached hydrogens (tertiary/aromatic N) is 1. The minimum Gasteiger partial charge on any atom is -0.454 e. The number of hydrogen-bond acceptors (Lipinski definition) is 2. The first-order valence-electron chi connectivity index (χ1n) is 19.1. The number of aryl methyl sites for hydroxylation is 1. The first kappa shape index (κ1) is 32.5. The standard InChI is InChI=1S/C52H43NO/c1-7-8-9-16-34-28-39-40-29-44-41(49-36-17-11-10-15-33(36)24-27-42(49)51(44,3)4)30-43(40)52(5,6)45(39)31-47(34)53(35-25-22-32(2)23-26-35)46-20-14-19-38-37-18-12-13-21-48(37)54-50(38)46/h7-31H,1-6H3/b8-7-,16-9-. The highest BCUT2D eigenvalue weighted by Gasteiger charge is 2.43. The number of rotatable bonds is 5. The van der Waals surface area contributed by atoms with Gasteiger partial charge in [0.2, 0.25) is 0 Å². The van der Waals surface area contributed by atoms with Crippen molar-refractivity contribution in [2.45, 2.75) is 52.4 Å². The summed E-state index contributed by atoms with van der Waals surface area (Å²) in [6.45, 7) is 13.8. The van der Waals surface area contributed by atoms with Gasteiger partial charge in [0, 0.05) is 27.3 Å². The first-order chi connectivity index (χ1) is 26.2. The topological polar surface area (TPSA) is 16.4 Å². The molecule has 0 atom stereocenters. The molecule has 0 unspecified atom stereocenters. The second-order valence-electron chi connectivity index (χ2n) is 16.2. The van der Waals surface area contributed by atoms with Gasteiger partial charge >= 0.3 is 0 Å². The summed E-state index contributed by atoms with van der Waals surface area (Å²) < 4.78 is 6.71. The predicted octanol–water partition coefficient (Wildman–Crippen LogP) is 14.7. The molecule has 0 aliphatic heterocycles. The Morgan fingerprint density at radius 2 is 1.22 bits per heavy atom.